The number of ether oxygens (including phenoxy) is 2. The maximum absolute atomic E-state index is 13.2. The number of ketones is 2. The molecule has 0 saturated carbocycles. The SMILES string of the molecule is CC.CS(=O)(=O)O.Cc1ccc(C(=O)c2ccc(Oc3cccc4c(Oc5ccc(C(=O)c6ccc(Cc7ccccc7)cc6)cc5)cccc34)cc2)cc1. The van der Waals surface area contributed by atoms with Crippen LogP contribution in [0.25, 0.3) is 10.8 Å². The monoisotopic (exact) mass is 750 g/mol. The van der Waals surface area contributed by atoms with Gasteiger partial charge in [0.05, 0.1) is 6.26 Å². The molecular formula is C47H42O7S. The summed E-state index contributed by atoms with van der Waals surface area (Å²) in [6.07, 6.45) is 1.54. The third-order valence-electron chi connectivity index (χ3n) is 8.31. The van der Waals surface area contributed by atoms with Crippen LogP contribution in [0.5, 0.6) is 23.0 Å². The Bertz CT molecular complexity index is 2450. The molecule has 0 saturated heterocycles. The number of carbonyl (C=O) groups excluding carboxylic acids is 2. The standard InChI is InChI=1S/C44H32O4.C2H6.CH4O3S/c1-30-13-17-33(18-14-30)43(45)35-21-25-37(26-22-35)47-41-11-5-10-40-39(41)9-6-12-42(40)48-38-27-23-36(24-28-38)44(46)34-19-15-32(16-20-34)29-31-7-3-2-4-8-31;1-2;1-5(2,3)4/h2-28H,29H2,1H3;1-2H3;1H3,(H,2,3,4). The number of hydrogen-bond donors (Lipinski definition) is 1. The molecule has 278 valence electrons. The fourth-order valence-corrected chi connectivity index (χ4v) is 5.68. The smallest absolute Gasteiger partial charge is 0.261 e. The van der Waals surface area contributed by atoms with E-state index in [-0.39, 0.29) is 11.6 Å². The maximum Gasteiger partial charge on any atom is 0.261 e. The lowest BCUT2D eigenvalue weighted by atomic mass is 9.99. The summed E-state index contributed by atoms with van der Waals surface area (Å²) >= 11 is 0. The van der Waals surface area contributed by atoms with Gasteiger partial charge in [-0.2, -0.15) is 8.42 Å². The molecule has 1 N–H and O–H groups in total. The summed E-state index contributed by atoms with van der Waals surface area (Å²) in [6.45, 7) is 6.00. The van der Waals surface area contributed by atoms with Gasteiger partial charge in [0.1, 0.15) is 23.0 Å². The molecule has 55 heavy (non-hydrogen) atoms. The lowest BCUT2D eigenvalue weighted by molar-refractivity contribution is 0.103. The Hall–Kier alpha value is -6.35. The summed E-state index contributed by atoms with van der Waals surface area (Å²) < 4.78 is 38.4. The van der Waals surface area contributed by atoms with Crippen molar-refractivity contribution in [1.29, 1.82) is 0 Å². The molecule has 7 rings (SSSR count). The van der Waals surface area contributed by atoms with Crippen LogP contribution in [0.4, 0.5) is 0 Å². The molecule has 8 heteroatoms. The largest absolute Gasteiger partial charge is 0.457 e. The third-order valence-corrected chi connectivity index (χ3v) is 8.31. The van der Waals surface area contributed by atoms with Crippen molar-refractivity contribution in [3.05, 3.63) is 203 Å². The first-order chi connectivity index (χ1) is 26.5. The first kappa shape index (κ1) is 39.8. The molecule has 7 aromatic rings. The zero-order chi connectivity index (χ0) is 39.4. The van der Waals surface area contributed by atoms with Crippen LogP contribution in [0.2, 0.25) is 0 Å². The molecule has 0 amide bonds. The Morgan fingerprint density at radius 1 is 0.491 bits per heavy atom. The summed E-state index contributed by atoms with van der Waals surface area (Å²) in [5.74, 6) is 2.53. The van der Waals surface area contributed by atoms with Crippen LogP contribution in [-0.2, 0) is 16.5 Å². The van der Waals surface area contributed by atoms with Crippen LogP contribution in [0.15, 0.2) is 164 Å². The molecule has 0 unspecified atom stereocenters. The Labute approximate surface area is 322 Å². The average molecular weight is 751 g/mol. The van der Waals surface area contributed by atoms with Gasteiger partial charge in [0.15, 0.2) is 11.6 Å². The molecule has 0 atom stereocenters. The van der Waals surface area contributed by atoms with E-state index >= 15 is 0 Å². The minimum absolute atomic E-state index is 0.0286. The second-order valence-corrected chi connectivity index (χ2v) is 13.9. The first-order valence-electron chi connectivity index (χ1n) is 17.8. The second kappa shape index (κ2) is 18.6. The summed E-state index contributed by atoms with van der Waals surface area (Å²) in [5, 5.41) is 1.77. The zero-order valence-electron chi connectivity index (χ0n) is 31.1. The zero-order valence-corrected chi connectivity index (χ0v) is 31.9. The second-order valence-electron chi connectivity index (χ2n) is 12.5. The molecule has 0 aliphatic carbocycles. The van der Waals surface area contributed by atoms with Crippen molar-refractivity contribution in [3.63, 3.8) is 0 Å². The number of hydrogen-bond acceptors (Lipinski definition) is 6. The normalized spacial score (nSPS) is 10.6. The van der Waals surface area contributed by atoms with Crippen molar-refractivity contribution >= 4 is 32.5 Å². The van der Waals surface area contributed by atoms with Crippen LogP contribution in [0, 0.1) is 6.92 Å². The van der Waals surface area contributed by atoms with Crippen LogP contribution >= 0.6 is 0 Å². The number of carbonyl (C=O) groups is 2. The van der Waals surface area contributed by atoms with Gasteiger partial charge in [-0.1, -0.05) is 123 Å². The molecule has 0 aromatic heterocycles. The van der Waals surface area contributed by atoms with Crippen molar-refractivity contribution in [2.24, 2.45) is 0 Å². The highest BCUT2D eigenvalue weighted by atomic mass is 32.2. The summed E-state index contributed by atoms with van der Waals surface area (Å²) in [4.78, 5) is 26.1. The molecule has 0 fully saturated rings. The van der Waals surface area contributed by atoms with Crippen molar-refractivity contribution in [2.75, 3.05) is 6.26 Å². The number of rotatable bonds is 10. The Morgan fingerprint density at radius 3 is 1.24 bits per heavy atom. The van der Waals surface area contributed by atoms with Crippen molar-refractivity contribution in [2.45, 2.75) is 27.2 Å². The highest BCUT2D eigenvalue weighted by Crippen LogP contribution is 2.36. The topological polar surface area (TPSA) is 107 Å². The van der Waals surface area contributed by atoms with Crippen molar-refractivity contribution in [3.8, 4) is 23.0 Å². The number of fused-ring (bicyclic) bond motifs is 1. The van der Waals surface area contributed by atoms with Crippen LogP contribution in [0.1, 0.15) is 62.4 Å². The molecule has 0 radical (unpaired) electrons. The lowest BCUT2D eigenvalue weighted by Gasteiger charge is -2.13. The van der Waals surface area contributed by atoms with E-state index in [4.69, 9.17) is 14.0 Å². The van der Waals surface area contributed by atoms with Crippen LogP contribution < -0.4 is 9.47 Å². The van der Waals surface area contributed by atoms with Crippen LogP contribution in [0.3, 0.4) is 0 Å². The minimum Gasteiger partial charge on any atom is -0.457 e. The Kier molecular flexibility index (Phi) is 13.5. The molecule has 7 aromatic carbocycles. The lowest BCUT2D eigenvalue weighted by Crippen LogP contribution is -2.01. The Balaban J connectivity index is 0.000000768. The van der Waals surface area contributed by atoms with E-state index in [0.717, 1.165) is 28.3 Å². The first-order valence-corrected chi connectivity index (χ1v) is 19.6. The van der Waals surface area contributed by atoms with Gasteiger partial charge >= 0.3 is 0 Å². The van der Waals surface area contributed by atoms with E-state index in [1.165, 1.54) is 5.56 Å². The molecule has 0 aliphatic rings. The van der Waals surface area contributed by atoms with Crippen molar-refractivity contribution in [1.82, 2.24) is 0 Å². The van der Waals surface area contributed by atoms with E-state index in [1.54, 1.807) is 24.3 Å². The molecule has 0 spiro atoms. The summed E-state index contributed by atoms with van der Waals surface area (Å²) in [7, 11) is -3.67. The highest BCUT2D eigenvalue weighted by molar-refractivity contribution is 7.85. The van der Waals surface area contributed by atoms with Crippen LogP contribution in [-0.4, -0.2) is 30.8 Å². The Morgan fingerprint density at radius 2 is 0.836 bits per heavy atom. The minimum atomic E-state index is -3.67. The predicted molar refractivity (Wildman–Crippen MR) is 220 cm³/mol. The fourth-order valence-electron chi connectivity index (χ4n) is 5.68. The van der Waals surface area contributed by atoms with Gasteiger partial charge in [-0.15, -0.1) is 0 Å². The van der Waals surface area contributed by atoms with Gasteiger partial charge in [0, 0.05) is 33.0 Å². The van der Waals surface area contributed by atoms with E-state index < -0.39 is 10.1 Å². The van der Waals surface area contributed by atoms with E-state index in [1.807, 2.05) is 148 Å². The molecule has 0 heterocycles. The maximum atomic E-state index is 13.2. The fraction of sp³-hybridized carbons (Fsp3) is 0.106. The van der Waals surface area contributed by atoms with Gasteiger partial charge < -0.3 is 9.47 Å². The quantitative estimate of drug-likeness (QED) is 0.110. The predicted octanol–water partition coefficient (Wildman–Crippen LogP) is 11.3. The molecule has 7 nitrogen and oxygen atoms in total. The highest BCUT2D eigenvalue weighted by Gasteiger charge is 2.13. The molecular weight excluding hydrogens is 709 g/mol. The summed E-state index contributed by atoms with van der Waals surface area (Å²) in [5.41, 5.74) is 6.01. The van der Waals surface area contributed by atoms with Gasteiger partial charge in [-0.3, -0.25) is 14.1 Å². The number of benzene rings is 7. The molecule has 0 bridgehead atoms. The van der Waals surface area contributed by atoms with E-state index in [0.29, 0.717) is 51.5 Å². The van der Waals surface area contributed by atoms with E-state index in [9.17, 15) is 18.0 Å². The van der Waals surface area contributed by atoms with Gasteiger partial charge in [0.25, 0.3) is 10.1 Å². The van der Waals surface area contributed by atoms with Gasteiger partial charge in [-0.25, -0.2) is 0 Å². The number of aryl methyl sites for hydroxylation is 1. The summed E-state index contributed by atoms with van der Waals surface area (Å²) in [6, 6.07) is 51.7. The van der Waals surface area contributed by atoms with Gasteiger partial charge in [-0.05, 0) is 85.1 Å². The van der Waals surface area contributed by atoms with Gasteiger partial charge in [0.2, 0.25) is 0 Å². The third kappa shape index (κ3) is 11.3. The molecule has 0 aliphatic heterocycles. The van der Waals surface area contributed by atoms with E-state index in [2.05, 4.69) is 12.1 Å². The average Bonchev–Trinajstić information content (AvgIpc) is 3.19. The van der Waals surface area contributed by atoms with Crippen molar-refractivity contribution < 1.29 is 32.0 Å².